The van der Waals surface area contributed by atoms with Crippen LogP contribution in [0.2, 0.25) is 0 Å². The number of nitrogens with one attached hydrogen (secondary N) is 1. The van der Waals surface area contributed by atoms with Crippen molar-refractivity contribution in [2.75, 3.05) is 0 Å². The maximum Gasteiger partial charge on any atom is 0.253 e. The Labute approximate surface area is 191 Å². The van der Waals surface area contributed by atoms with Crippen LogP contribution in [0.3, 0.4) is 0 Å². The molecule has 0 aliphatic heterocycles. The molecule has 1 amide bonds. The average molecular weight is 446 g/mol. The summed E-state index contributed by atoms with van der Waals surface area (Å²) < 4.78 is 30.9. The van der Waals surface area contributed by atoms with Crippen molar-refractivity contribution in [2.24, 2.45) is 0 Å². The Morgan fingerprint density at radius 3 is 2.48 bits per heavy atom. The Hall–Kier alpha value is -3.54. The zero-order chi connectivity index (χ0) is 23.3. The molecule has 1 atom stereocenters. The second-order valence-electron chi connectivity index (χ2n) is 8.90. The maximum atomic E-state index is 14.6. The van der Waals surface area contributed by atoms with Crippen molar-refractivity contribution in [1.29, 1.82) is 0 Å². The molecule has 2 aromatic carbocycles. The van der Waals surface area contributed by atoms with Gasteiger partial charge in [-0.25, -0.2) is 13.3 Å². The molecule has 5 rings (SSSR count). The molecule has 0 radical (unpaired) electrons. The van der Waals surface area contributed by atoms with Crippen LogP contribution in [0.1, 0.15) is 65.1 Å². The molecule has 1 aliphatic carbocycles. The Morgan fingerprint density at radius 1 is 1.03 bits per heavy atom. The first kappa shape index (κ1) is 21.3. The molecule has 0 unspecified atom stereocenters. The molecular formula is C27H25F2N3O. The van der Waals surface area contributed by atoms with Crippen molar-refractivity contribution in [3.8, 4) is 11.1 Å². The Kier molecular flexibility index (Phi) is 5.23. The van der Waals surface area contributed by atoms with Gasteiger partial charge in [-0.2, -0.15) is 5.10 Å². The highest BCUT2D eigenvalue weighted by atomic mass is 19.1. The van der Waals surface area contributed by atoms with E-state index in [0.717, 1.165) is 18.4 Å². The van der Waals surface area contributed by atoms with Gasteiger partial charge in [-0.15, -0.1) is 0 Å². The van der Waals surface area contributed by atoms with E-state index in [1.54, 1.807) is 23.6 Å². The molecule has 168 valence electrons. The summed E-state index contributed by atoms with van der Waals surface area (Å²) in [4.78, 5) is 13.4. The van der Waals surface area contributed by atoms with Crippen LogP contribution in [0.5, 0.6) is 0 Å². The number of aryl methyl sites for hydroxylation is 2. The third kappa shape index (κ3) is 3.50. The lowest BCUT2D eigenvalue weighted by Crippen LogP contribution is -2.29. The van der Waals surface area contributed by atoms with E-state index in [9.17, 15) is 13.6 Å². The van der Waals surface area contributed by atoms with E-state index in [4.69, 9.17) is 0 Å². The number of hydrogen-bond donors (Lipinski definition) is 1. The molecule has 6 heteroatoms. The Balaban J connectivity index is 1.60. The fourth-order valence-corrected chi connectivity index (χ4v) is 4.98. The number of hydrogen-bond acceptors (Lipinski definition) is 2. The van der Waals surface area contributed by atoms with Gasteiger partial charge in [-0.3, -0.25) is 4.79 Å². The fraction of sp³-hybridized carbons (Fsp3) is 0.259. The lowest BCUT2D eigenvalue weighted by atomic mass is 9.99. The minimum atomic E-state index is -0.638. The third-order valence-electron chi connectivity index (χ3n) is 6.45. The quantitative estimate of drug-likeness (QED) is 0.411. The van der Waals surface area contributed by atoms with Gasteiger partial charge in [0.2, 0.25) is 0 Å². The van der Waals surface area contributed by atoms with Gasteiger partial charge in [-0.1, -0.05) is 44.2 Å². The van der Waals surface area contributed by atoms with Gasteiger partial charge < -0.3 is 5.32 Å². The van der Waals surface area contributed by atoms with Crippen molar-refractivity contribution in [1.82, 2.24) is 14.9 Å². The molecular weight excluding hydrogens is 420 g/mol. The summed E-state index contributed by atoms with van der Waals surface area (Å²) in [6.45, 7) is 5.70. The van der Waals surface area contributed by atoms with E-state index in [0.29, 0.717) is 28.0 Å². The summed E-state index contributed by atoms with van der Waals surface area (Å²) >= 11 is 0. The first-order chi connectivity index (χ1) is 15.9. The normalized spacial score (nSPS) is 15.3. The van der Waals surface area contributed by atoms with Crippen molar-refractivity contribution < 1.29 is 13.6 Å². The molecule has 0 fully saturated rings. The first-order valence-corrected chi connectivity index (χ1v) is 11.2. The Morgan fingerprint density at radius 2 is 1.76 bits per heavy atom. The molecule has 0 saturated carbocycles. The van der Waals surface area contributed by atoms with Crippen molar-refractivity contribution in [2.45, 2.75) is 45.6 Å². The predicted molar refractivity (Wildman–Crippen MR) is 124 cm³/mol. The molecule has 0 bridgehead atoms. The lowest BCUT2D eigenvalue weighted by Gasteiger charge is -2.18. The predicted octanol–water partition coefficient (Wildman–Crippen LogP) is 6.13. The summed E-state index contributed by atoms with van der Waals surface area (Å²) in [5, 5.41) is 7.79. The summed E-state index contributed by atoms with van der Waals surface area (Å²) in [7, 11) is 0. The number of carbonyl (C=O) groups is 1. The van der Waals surface area contributed by atoms with Crippen LogP contribution in [0.15, 0.2) is 54.6 Å². The molecule has 2 aromatic heterocycles. The topological polar surface area (TPSA) is 46.4 Å². The average Bonchev–Trinajstić information content (AvgIpc) is 3.33. The van der Waals surface area contributed by atoms with Gasteiger partial charge in [0.1, 0.15) is 11.6 Å². The van der Waals surface area contributed by atoms with Crippen LogP contribution in [-0.2, 0) is 6.42 Å². The second kappa shape index (κ2) is 8.10. The van der Waals surface area contributed by atoms with E-state index in [-0.39, 0.29) is 23.4 Å². The molecule has 2 heterocycles. The van der Waals surface area contributed by atoms with E-state index in [1.807, 2.05) is 26.0 Å². The van der Waals surface area contributed by atoms with Crippen LogP contribution in [-0.4, -0.2) is 15.5 Å². The van der Waals surface area contributed by atoms with E-state index >= 15 is 0 Å². The summed E-state index contributed by atoms with van der Waals surface area (Å²) in [5.74, 6) is -1.49. The highest BCUT2D eigenvalue weighted by molar-refractivity contribution is 5.97. The Bertz CT molecular complexity index is 1370. The van der Waals surface area contributed by atoms with Gasteiger partial charge in [0.25, 0.3) is 5.91 Å². The van der Waals surface area contributed by atoms with E-state index < -0.39 is 11.6 Å². The number of pyridine rings is 1. The highest BCUT2D eigenvalue weighted by Gasteiger charge is 2.27. The number of amides is 1. The van der Waals surface area contributed by atoms with Crippen LogP contribution in [0.25, 0.3) is 16.6 Å². The van der Waals surface area contributed by atoms with Gasteiger partial charge in [-0.05, 0) is 61.1 Å². The number of nitrogens with zero attached hydrogens (tertiary/aromatic N) is 2. The largest absolute Gasteiger partial charge is 0.345 e. The van der Waals surface area contributed by atoms with Gasteiger partial charge in [0.15, 0.2) is 0 Å². The molecule has 4 nitrogen and oxygen atoms in total. The molecule has 33 heavy (non-hydrogen) atoms. The molecule has 1 N–H and O–H groups in total. The summed E-state index contributed by atoms with van der Waals surface area (Å²) in [6, 6.07) is 15.4. The van der Waals surface area contributed by atoms with E-state index in [2.05, 4.69) is 22.5 Å². The van der Waals surface area contributed by atoms with Crippen molar-refractivity contribution in [3.63, 3.8) is 0 Å². The van der Waals surface area contributed by atoms with Crippen LogP contribution >= 0.6 is 0 Å². The monoisotopic (exact) mass is 445 g/mol. The first-order valence-electron chi connectivity index (χ1n) is 11.2. The minimum absolute atomic E-state index is 0.0353. The molecule has 4 aromatic rings. The van der Waals surface area contributed by atoms with E-state index in [1.165, 1.54) is 23.8 Å². The third-order valence-corrected chi connectivity index (χ3v) is 6.45. The van der Waals surface area contributed by atoms with Gasteiger partial charge in [0, 0.05) is 5.56 Å². The van der Waals surface area contributed by atoms with Crippen LogP contribution in [0, 0.1) is 18.6 Å². The smallest absolute Gasteiger partial charge is 0.253 e. The minimum Gasteiger partial charge on any atom is -0.345 e. The summed E-state index contributed by atoms with van der Waals surface area (Å²) in [5.41, 5.74) is 5.04. The lowest BCUT2D eigenvalue weighted by molar-refractivity contribution is 0.0934. The molecule has 1 aliphatic rings. The number of rotatable bonds is 4. The molecule has 0 saturated heterocycles. The second-order valence-corrected chi connectivity index (χ2v) is 8.90. The number of carbonyl (C=O) groups excluding carboxylic acids is 1. The summed E-state index contributed by atoms with van der Waals surface area (Å²) in [6.07, 6.45) is 1.80. The zero-order valence-electron chi connectivity index (χ0n) is 18.8. The maximum absolute atomic E-state index is 14.6. The number of halogens is 2. The van der Waals surface area contributed by atoms with Crippen molar-refractivity contribution >= 4 is 11.4 Å². The van der Waals surface area contributed by atoms with Gasteiger partial charge >= 0.3 is 0 Å². The standard InChI is InChI=1S/C27H25F2N3O/c1-15(2)26-19(27(33)30-22-13-11-17-7-4-5-8-18(17)22)12-14-23-24(16(3)31-32(23)26)25-20(28)9-6-10-21(25)29/h4-10,12,14-15,22H,11,13H2,1-3H3,(H,30,33)/t22-/m0/s1. The SMILES string of the molecule is Cc1nn2c(C(C)C)c(C(=O)N[C@H]3CCc4ccccc43)ccc2c1-c1c(F)cccc1F. The van der Waals surface area contributed by atoms with Gasteiger partial charge in [0.05, 0.1) is 34.1 Å². The van der Waals surface area contributed by atoms with Crippen LogP contribution < -0.4 is 5.32 Å². The van der Waals surface area contributed by atoms with Crippen molar-refractivity contribution in [3.05, 3.63) is 94.3 Å². The highest BCUT2D eigenvalue weighted by Crippen LogP contribution is 2.35. The number of aromatic nitrogens is 2. The van der Waals surface area contributed by atoms with Crippen LogP contribution in [0.4, 0.5) is 8.78 Å². The fourth-order valence-electron chi connectivity index (χ4n) is 4.98. The number of fused-ring (bicyclic) bond motifs is 2. The zero-order valence-corrected chi connectivity index (χ0v) is 18.8. The molecule has 0 spiro atoms. The number of benzene rings is 2.